The molecule has 0 amide bonds. The number of hydrogen-bond donors (Lipinski definition) is 0. The average Bonchev–Trinajstić information content (AvgIpc) is 2.85. The van der Waals surface area contributed by atoms with Crippen LogP contribution in [0.25, 0.3) is 0 Å². The molecule has 0 saturated carbocycles. The normalized spacial score (nSPS) is 11.8. The van der Waals surface area contributed by atoms with E-state index in [1.807, 2.05) is 31.3 Å². The smallest absolute Gasteiger partial charge is 0.353 e. The van der Waals surface area contributed by atoms with Crippen LogP contribution in [0.3, 0.4) is 0 Å². The molecule has 0 aliphatic carbocycles. The van der Waals surface area contributed by atoms with Gasteiger partial charge in [0.2, 0.25) is 0 Å². The molecule has 0 aliphatic rings. The van der Waals surface area contributed by atoms with Crippen molar-refractivity contribution < 1.29 is 13.2 Å². The summed E-state index contributed by atoms with van der Waals surface area (Å²) in [5.41, 5.74) is 0. The number of nitrogens with zero attached hydrogens (tertiary/aromatic N) is 4. The lowest BCUT2D eigenvalue weighted by Crippen LogP contribution is -2.16. The molecule has 19 heavy (non-hydrogen) atoms. The minimum absolute atomic E-state index is 0.0944. The van der Waals surface area contributed by atoms with Gasteiger partial charge in [-0.3, -0.25) is 4.68 Å². The van der Waals surface area contributed by atoms with Gasteiger partial charge in [-0.25, -0.2) is 4.98 Å². The van der Waals surface area contributed by atoms with Gasteiger partial charge in [-0.1, -0.05) is 0 Å². The third-order valence-corrected chi connectivity index (χ3v) is 3.42. The molecule has 2 heterocycles. The van der Waals surface area contributed by atoms with E-state index in [1.165, 1.54) is 6.20 Å². The zero-order valence-corrected chi connectivity index (χ0v) is 11.3. The lowest BCUT2D eigenvalue weighted by molar-refractivity contribution is -0.127. The molecular weight excluding hydrogens is 277 g/mol. The molecule has 2 aromatic rings. The summed E-state index contributed by atoms with van der Waals surface area (Å²) >= 11 is 1.08. The highest BCUT2D eigenvalue weighted by atomic mass is 32.1. The Kier molecular flexibility index (Phi) is 3.79. The Bertz CT molecular complexity index is 546. The summed E-state index contributed by atoms with van der Waals surface area (Å²) in [6, 6.07) is 1.84. The lowest BCUT2D eigenvalue weighted by Gasteiger charge is -2.14. The van der Waals surface area contributed by atoms with Gasteiger partial charge in [0.25, 0.3) is 0 Å². The second-order valence-electron chi connectivity index (χ2n) is 4.22. The molecule has 0 unspecified atom stereocenters. The van der Waals surface area contributed by atoms with Crippen molar-refractivity contribution in [3.8, 4) is 0 Å². The number of hydrogen-bond acceptors (Lipinski definition) is 4. The van der Waals surface area contributed by atoms with Gasteiger partial charge >= 0.3 is 6.18 Å². The van der Waals surface area contributed by atoms with E-state index in [2.05, 4.69) is 10.1 Å². The van der Waals surface area contributed by atoms with Crippen LogP contribution in [-0.2, 0) is 20.0 Å². The number of anilines is 1. The number of alkyl halides is 3. The van der Waals surface area contributed by atoms with Crippen LogP contribution >= 0.6 is 11.3 Å². The third kappa shape index (κ3) is 3.95. The first-order valence-corrected chi connectivity index (χ1v) is 6.36. The van der Waals surface area contributed by atoms with Crippen LogP contribution in [0.15, 0.2) is 18.5 Å². The first kappa shape index (κ1) is 13.9. The Hall–Kier alpha value is -1.57. The molecule has 8 heteroatoms. The van der Waals surface area contributed by atoms with Gasteiger partial charge in [0.05, 0.1) is 13.0 Å². The van der Waals surface area contributed by atoms with Gasteiger partial charge in [0.1, 0.15) is 5.01 Å². The second-order valence-corrected chi connectivity index (χ2v) is 5.42. The molecular formula is C11H13F3N4S. The number of halogens is 3. The lowest BCUT2D eigenvalue weighted by atomic mass is 10.4. The summed E-state index contributed by atoms with van der Waals surface area (Å²) in [5.74, 6) is 0.772. The molecule has 2 aromatic heterocycles. The molecule has 0 aromatic carbocycles. The van der Waals surface area contributed by atoms with Crippen molar-refractivity contribution in [2.24, 2.45) is 7.05 Å². The van der Waals surface area contributed by atoms with Gasteiger partial charge in [-0.05, 0) is 0 Å². The van der Waals surface area contributed by atoms with E-state index >= 15 is 0 Å². The summed E-state index contributed by atoms with van der Waals surface area (Å²) in [7, 11) is 3.65. The van der Waals surface area contributed by atoms with Gasteiger partial charge in [0.15, 0.2) is 5.82 Å². The minimum Gasteiger partial charge on any atom is -0.353 e. The molecule has 0 saturated heterocycles. The summed E-state index contributed by atoms with van der Waals surface area (Å²) in [6.07, 6.45) is -1.87. The monoisotopic (exact) mass is 290 g/mol. The van der Waals surface area contributed by atoms with E-state index in [1.54, 1.807) is 4.68 Å². The third-order valence-electron chi connectivity index (χ3n) is 2.44. The summed E-state index contributed by atoms with van der Waals surface area (Å²) in [5, 5.41) is 4.31. The van der Waals surface area contributed by atoms with E-state index in [9.17, 15) is 13.2 Å². The molecule has 0 atom stereocenters. The maximum absolute atomic E-state index is 12.2. The Morgan fingerprint density at radius 3 is 2.74 bits per heavy atom. The van der Waals surface area contributed by atoms with Crippen molar-refractivity contribution in [2.45, 2.75) is 19.1 Å². The van der Waals surface area contributed by atoms with E-state index in [0.717, 1.165) is 22.0 Å². The predicted octanol–water partition coefficient (Wildman–Crippen LogP) is 2.62. The van der Waals surface area contributed by atoms with Gasteiger partial charge in [-0.15, -0.1) is 11.3 Å². The van der Waals surface area contributed by atoms with Gasteiger partial charge < -0.3 is 4.90 Å². The van der Waals surface area contributed by atoms with Crippen LogP contribution < -0.4 is 4.90 Å². The fourth-order valence-corrected chi connectivity index (χ4v) is 2.60. The number of rotatable bonds is 4. The predicted molar refractivity (Wildman–Crippen MR) is 67.2 cm³/mol. The average molecular weight is 290 g/mol. The fourth-order valence-electron chi connectivity index (χ4n) is 1.60. The van der Waals surface area contributed by atoms with Crippen molar-refractivity contribution in [3.05, 3.63) is 28.3 Å². The van der Waals surface area contributed by atoms with Crippen molar-refractivity contribution >= 4 is 17.2 Å². The molecule has 4 nitrogen and oxygen atoms in total. The van der Waals surface area contributed by atoms with Crippen LogP contribution in [0.4, 0.5) is 19.0 Å². The number of aryl methyl sites for hydroxylation is 1. The SMILES string of the molecule is CN(Cc1cnc(CC(F)(F)F)s1)c1ccn(C)n1. The topological polar surface area (TPSA) is 34.0 Å². The standard InChI is InChI=1S/C11H13F3N4S/c1-17(9-3-4-18(2)16-9)7-8-6-15-10(19-8)5-11(12,13)14/h3-4,6H,5,7H2,1-2H3. The van der Waals surface area contributed by atoms with Gasteiger partial charge in [0, 0.05) is 37.4 Å². The first-order valence-electron chi connectivity index (χ1n) is 5.54. The van der Waals surface area contributed by atoms with E-state index in [-0.39, 0.29) is 5.01 Å². The maximum Gasteiger partial charge on any atom is 0.395 e. The molecule has 104 valence electrons. The molecule has 0 N–H and O–H groups in total. The van der Waals surface area contributed by atoms with Gasteiger partial charge in [-0.2, -0.15) is 18.3 Å². The van der Waals surface area contributed by atoms with E-state index < -0.39 is 12.6 Å². The van der Waals surface area contributed by atoms with E-state index in [4.69, 9.17) is 0 Å². The number of thiazole rings is 1. The highest BCUT2D eigenvalue weighted by Gasteiger charge is 2.29. The second kappa shape index (κ2) is 5.20. The van der Waals surface area contributed by atoms with Crippen molar-refractivity contribution in [1.29, 1.82) is 0 Å². The molecule has 0 bridgehead atoms. The summed E-state index contributed by atoms with van der Waals surface area (Å²) < 4.78 is 38.3. The van der Waals surface area contributed by atoms with Crippen LogP contribution in [0.2, 0.25) is 0 Å². The Morgan fingerprint density at radius 1 is 1.42 bits per heavy atom. The maximum atomic E-state index is 12.2. The molecule has 0 fully saturated rings. The van der Waals surface area contributed by atoms with Crippen molar-refractivity contribution in [3.63, 3.8) is 0 Å². The summed E-state index contributed by atoms with van der Waals surface area (Å²) in [4.78, 5) is 6.45. The van der Waals surface area contributed by atoms with Crippen LogP contribution in [-0.4, -0.2) is 28.0 Å². The first-order chi connectivity index (χ1) is 8.83. The minimum atomic E-state index is -4.21. The molecule has 0 aliphatic heterocycles. The molecule has 0 radical (unpaired) electrons. The van der Waals surface area contributed by atoms with Crippen molar-refractivity contribution in [2.75, 3.05) is 11.9 Å². The van der Waals surface area contributed by atoms with Crippen LogP contribution in [0.5, 0.6) is 0 Å². The Balaban J connectivity index is 2.00. The van der Waals surface area contributed by atoms with Crippen molar-refractivity contribution in [1.82, 2.24) is 14.8 Å². The Morgan fingerprint density at radius 2 is 2.16 bits per heavy atom. The van der Waals surface area contributed by atoms with Crippen LogP contribution in [0.1, 0.15) is 9.88 Å². The zero-order valence-electron chi connectivity index (χ0n) is 10.5. The highest BCUT2D eigenvalue weighted by molar-refractivity contribution is 7.11. The zero-order chi connectivity index (χ0) is 14.0. The fraction of sp³-hybridized carbons (Fsp3) is 0.455. The largest absolute Gasteiger partial charge is 0.395 e. The van der Waals surface area contributed by atoms with Crippen LogP contribution in [0, 0.1) is 0 Å². The Labute approximate surface area is 112 Å². The highest BCUT2D eigenvalue weighted by Crippen LogP contribution is 2.25. The van der Waals surface area contributed by atoms with E-state index in [0.29, 0.717) is 6.54 Å². The number of aromatic nitrogens is 3. The quantitative estimate of drug-likeness (QED) is 0.868. The molecule has 2 rings (SSSR count). The summed E-state index contributed by atoms with van der Waals surface area (Å²) in [6.45, 7) is 0.493. The molecule has 0 spiro atoms.